The van der Waals surface area contributed by atoms with Crippen molar-refractivity contribution in [1.82, 2.24) is 0 Å². The van der Waals surface area contributed by atoms with E-state index in [0.29, 0.717) is 24.3 Å². The van der Waals surface area contributed by atoms with Gasteiger partial charge in [0, 0.05) is 17.5 Å². The van der Waals surface area contributed by atoms with Crippen LogP contribution in [0.4, 0.5) is 0 Å². The molecular weight excluding hydrogens is 242 g/mol. The fourth-order valence-electron chi connectivity index (χ4n) is 1.85. The fourth-order valence-corrected chi connectivity index (χ4v) is 1.98. The van der Waals surface area contributed by atoms with Crippen LogP contribution in [0.25, 0.3) is 0 Å². The first-order chi connectivity index (χ1) is 8.26. The van der Waals surface area contributed by atoms with Crippen molar-refractivity contribution in [2.45, 2.75) is 12.8 Å². The quantitative estimate of drug-likeness (QED) is 0.388. The number of ether oxygens (including phenoxy) is 1. The van der Waals surface area contributed by atoms with Crippen LogP contribution in [0.1, 0.15) is 22.3 Å². The minimum atomic E-state index is 0.116. The number of benzene rings is 1. The van der Waals surface area contributed by atoms with Crippen LogP contribution in [-0.4, -0.2) is 29.2 Å². The Kier molecular flexibility index (Phi) is 3.64. The summed E-state index contributed by atoms with van der Waals surface area (Å²) in [6, 6.07) is 5.40. The molecule has 2 rings (SSSR count). The minimum absolute atomic E-state index is 0.116. The van der Waals surface area contributed by atoms with Crippen LogP contribution in [0.5, 0.6) is 5.75 Å². The Labute approximate surface area is 104 Å². The highest BCUT2D eigenvalue weighted by Gasteiger charge is 2.22. The number of fused-ring (bicyclic) bond motifs is 1. The Morgan fingerprint density at radius 1 is 1.47 bits per heavy atom. The summed E-state index contributed by atoms with van der Waals surface area (Å²) in [5.74, 6) is 0.934. The highest BCUT2D eigenvalue weighted by molar-refractivity contribution is 6.28. The van der Waals surface area contributed by atoms with Gasteiger partial charge in [0.1, 0.15) is 18.1 Å². The number of oxime groups is 1. The second-order valence-electron chi connectivity index (χ2n) is 3.79. The van der Waals surface area contributed by atoms with Crippen molar-refractivity contribution in [3.05, 3.63) is 29.3 Å². The summed E-state index contributed by atoms with van der Waals surface area (Å²) >= 11 is 5.55. The molecule has 0 radical (unpaired) electrons. The maximum absolute atomic E-state index is 11.5. The zero-order valence-corrected chi connectivity index (χ0v) is 9.91. The fraction of sp³-hybridized carbons (Fsp3) is 0.333. The predicted octanol–water partition coefficient (Wildman–Crippen LogP) is 2.26. The number of halogens is 1. The molecule has 0 heterocycles. The Hall–Kier alpha value is -1.55. The second-order valence-corrected chi connectivity index (χ2v) is 4.06. The van der Waals surface area contributed by atoms with E-state index in [1.807, 2.05) is 0 Å². The molecular formula is C12H12ClNO3. The van der Waals surface area contributed by atoms with Gasteiger partial charge in [0.2, 0.25) is 0 Å². The van der Waals surface area contributed by atoms with Gasteiger partial charge in [-0.15, -0.1) is 11.6 Å². The number of nitrogens with zero attached hydrogens (tertiary/aromatic N) is 1. The number of Topliss-reactive ketones (excluding diaryl/α,β-unsaturated/α-hetero) is 1. The van der Waals surface area contributed by atoms with Gasteiger partial charge in [-0.1, -0.05) is 17.3 Å². The molecule has 0 saturated carbocycles. The van der Waals surface area contributed by atoms with E-state index in [9.17, 15) is 4.79 Å². The third kappa shape index (κ3) is 2.42. The average Bonchev–Trinajstić information content (AvgIpc) is 2.73. The highest BCUT2D eigenvalue weighted by Crippen LogP contribution is 2.30. The summed E-state index contributed by atoms with van der Waals surface area (Å²) in [6.07, 6.45) is 1.24. The van der Waals surface area contributed by atoms with Crippen LogP contribution in [0.3, 0.4) is 0 Å². The van der Waals surface area contributed by atoms with E-state index in [2.05, 4.69) is 5.16 Å². The first-order valence-corrected chi connectivity index (χ1v) is 5.83. The van der Waals surface area contributed by atoms with E-state index in [0.717, 1.165) is 11.1 Å². The average molecular weight is 254 g/mol. The monoisotopic (exact) mass is 253 g/mol. The number of alkyl halides is 1. The first-order valence-electron chi connectivity index (χ1n) is 5.30. The van der Waals surface area contributed by atoms with E-state index in [4.69, 9.17) is 21.5 Å². The van der Waals surface area contributed by atoms with Crippen molar-refractivity contribution < 1.29 is 14.7 Å². The van der Waals surface area contributed by atoms with Crippen molar-refractivity contribution in [1.29, 1.82) is 0 Å². The number of hydrogen-bond donors (Lipinski definition) is 1. The van der Waals surface area contributed by atoms with E-state index in [1.54, 1.807) is 18.2 Å². The van der Waals surface area contributed by atoms with Crippen LogP contribution in [-0.2, 0) is 6.42 Å². The molecule has 4 nitrogen and oxygen atoms in total. The molecule has 1 aliphatic carbocycles. The van der Waals surface area contributed by atoms with Gasteiger partial charge in [0.05, 0.1) is 5.88 Å². The summed E-state index contributed by atoms with van der Waals surface area (Å²) in [7, 11) is 0. The van der Waals surface area contributed by atoms with Gasteiger partial charge in [0.15, 0.2) is 5.78 Å². The lowest BCUT2D eigenvalue weighted by Gasteiger charge is -2.09. The van der Waals surface area contributed by atoms with Crippen LogP contribution in [0.15, 0.2) is 23.4 Å². The van der Waals surface area contributed by atoms with Crippen LogP contribution >= 0.6 is 11.6 Å². The van der Waals surface area contributed by atoms with Crippen LogP contribution in [0, 0.1) is 0 Å². The van der Waals surface area contributed by atoms with Crippen molar-refractivity contribution >= 4 is 23.1 Å². The molecule has 5 heteroatoms. The molecule has 90 valence electrons. The zero-order valence-electron chi connectivity index (χ0n) is 9.15. The van der Waals surface area contributed by atoms with Gasteiger partial charge in [0.25, 0.3) is 0 Å². The Balaban J connectivity index is 2.15. The highest BCUT2D eigenvalue weighted by atomic mass is 35.5. The molecule has 1 N–H and O–H groups in total. The van der Waals surface area contributed by atoms with Crippen molar-refractivity contribution in [2.75, 3.05) is 12.5 Å². The molecule has 0 aromatic heterocycles. The van der Waals surface area contributed by atoms with Gasteiger partial charge < -0.3 is 9.94 Å². The van der Waals surface area contributed by atoms with Crippen molar-refractivity contribution in [3.63, 3.8) is 0 Å². The van der Waals surface area contributed by atoms with Crippen LogP contribution < -0.4 is 4.74 Å². The van der Waals surface area contributed by atoms with Gasteiger partial charge in [-0.25, -0.2) is 0 Å². The summed E-state index contributed by atoms with van der Waals surface area (Å²) in [4.78, 5) is 11.5. The molecule has 0 bridgehead atoms. The SMILES string of the molecule is O=C1CCc2c(OCC(CCl)=NO)cccc21. The number of ketones is 1. The standard InChI is InChI=1S/C12H12ClNO3/c13-6-8(14-16)7-17-12-3-1-2-9-10(12)4-5-11(9)15/h1-3,16H,4-7H2. The van der Waals surface area contributed by atoms with Crippen LogP contribution in [0.2, 0.25) is 0 Å². The molecule has 0 saturated heterocycles. The molecule has 0 aliphatic heterocycles. The van der Waals surface area contributed by atoms with E-state index in [1.165, 1.54) is 0 Å². The summed E-state index contributed by atoms with van der Waals surface area (Å²) in [5, 5.41) is 11.6. The predicted molar refractivity (Wildman–Crippen MR) is 64.5 cm³/mol. The maximum Gasteiger partial charge on any atom is 0.163 e. The molecule has 0 fully saturated rings. The Bertz CT molecular complexity index is 471. The van der Waals surface area contributed by atoms with Gasteiger partial charge >= 0.3 is 0 Å². The maximum atomic E-state index is 11.5. The third-order valence-corrected chi connectivity index (χ3v) is 3.03. The molecule has 0 atom stereocenters. The largest absolute Gasteiger partial charge is 0.487 e. The summed E-state index contributed by atoms with van der Waals surface area (Å²) in [5.41, 5.74) is 2.02. The zero-order chi connectivity index (χ0) is 12.3. The number of rotatable bonds is 4. The van der Waals surface area contributed by atoms with Gasteiger partial charge in [-0.05, 0) is 12.5 Å². The number of carbonyl (C=O) groups excluding carboxylic acids is 1. The van der Waals surface area contributed by atoms with E-state index >= 15 is 0 Å². The number of carbonyl (C=O) groups is 1. The van der Waals surface area contributed by atoms with Crippen molar-refractivity contribution in [2.24, 2.45) is 5.16 Å². The minimum Gasteiger partial charge on any atom is -0.487 e. The normalized spacial score (nSPS) is 14.9. The molecule has 1 aromatic rings. The molecule has 0 amide bonds. The van der Waals surface area contributed by atoms with Gasteiger partial charge in [-0.3, -0.25) is 4.79 Å². The lowest BCUT2D eigenvalue weighted by molar-refractivity contribution is 0.0994. The summed E-state index contributed by atoms with van der Waals surface area (Å²) in [6.45, 7) is 0.130. The molecule has 1 aliphatic rings. The second kappa shape index (κ2) is 5.19. The third-order valence-electron chi connectivity index (χ3n) is 2.73. The molecule has 1 aromatic carbocycles. The lowest BCUT2D eigenvalue weighted by atomic mass is 10.1. The van der Waals surface area contributed by atoms with Crippen molar-refractivity contribution in [3.8, 4) is 5.75 Å². The smallest absolute Gasteiger partial charge is 0.163 e. The Morgan fingerprint density at radius 3 is 3.00 bits per heavy atom. The van der Waals surface area contributed by atoms with E-state index < -0.39 is 0 Å². The van der Waals surface area contributed by atoms with Gasteiger partial charge in [-0.2, -0.15) is 0 Å². The lowest BCUT2D eigenvalue weighted by Crippen LogP contribution is -2.13. The number of hydrogen-bond acceptors (Lipinski definition) is 4. The topological polar surface area (TPSA) is 58.9 Å². The molecule has 17 heavy (non-hydrogen) atoms. The Morgan fingerprint density at radius 2 is 2.29 bits per heavy atom. The molecule has 0 unspecified atom stereocenters. The summed E-state index contributed by atoms with van der Waals surface area (Å²) < 4.78 is 5.51. The first kappa shape index (κ1) is 11.9. The van der Waals surface area contributed by atoms with E-state index in [-0.39, 0.29) is 18.3 Å². The molecule has 0 spiro atoms.